The Morgan fingerprint density at radius 1 is 1.06 bits per heavy atom. The molecule has 0 aliphatic rings. The molecule has 180 valence electrons. The molecule has 0 amide bonds. The van der Waals surface area contributed by atoms with Gasteiger partial charge in [-0.2, -0.15) is 0 Å². The Morgan fingerprint density at radius 2 is 1.74 bits per heavy atom. The van der Waals surface area contributed by atoms with Gasteiger partial charge in [-0.3, -0.25) is 0 Å². The van der Waals surface area contributed by atoms with Crippen LogP contribution in [0, 0.1) is 0 Å². The molecular weight excluding hydrogens is 432 g/mol. The van der Waals surface area contributed by atoms with Crippen molar-refractivity contribution >= 4 is 11.9 Å². The van der Waals surface area contributed by atoms with Crippen LogP contribution in [0.2, 0.25) is 0 Å². The smallest absolute Gasteiger partial charge is 0.357 e. The predicted octanol–water partition coefficient (Wildman–Crippen LogP) is 5.04. The van der Waals surface area contributed by atoms with Crippen molar-refractivity contribution in [3.05, 3.63) is 76.9 Å². The summed E-state index contributed by atoms with van der Waals surface area (Å²) in [5, 5.41) is 20.2. The molecule has 0 aliphatic heterocycles. The van der Waals surface area contributed by atoms with Crippen LogP contribution in [0.1, 0.15) is 78.5 Å². The van der Waals surface area contributed by atoms with Crippen LogP contribution in [-0.2, 0) is 23.3 Å². The van der Waals surface area contributed by atoms with E-state index in [0.717, 1.165) is 29.8 Å². The molecule has 0 saturated carbocycles. The first kappa shape index (κ1) is 25.2. The highest BCUT2D eigenvalue weighted by Gasteiger charge is 2.32. The summed E-state index contributed by atoms with van der Waals surface area (Å²) in [6.07, 6.45) is 2.54. The molecule has 2 N–H and O–H groups in total. The summed E-state index contributed by atoms with van der Waals surface area (Å²) in [7, 11) is 0. The van der Waals surface area contributed by atoms with Crippen LogP contribution in [0.4, 0.5) is 0 Å². The number of hydrogen-bond acceptors (Lipinski definition) is 5. The molecule has 0 aliphatic carbocycles. The third-order valence-corrected chi connectivity index (χ3v) is 5.61. The van der Waals surface area contributed by atoms with Gasteiger partial charge in [-0.05, 0) is 49.9 Å². The van der Waals surface area contributed by atoms with E-state index in [9.17, 15) is 19.8 Å². The third kappa shape index (κ3) is 5.54. The molecule has 1 heterocycles. The van der Waals surface area contributed by atoms with E-state index in [1.54, 1.807) is 39.0 Å². The maximum absolute atomic E-state index is 12.9. The van der Waals surface area contributed by atoms with E-state index in [2.05, 4.69) is 11.9 Å². The van der Waals surface area contributed by atoms with Crippen molar-refractivity contribution in [3.8, 4) is 11.1 Å². The number of imidazole rings is 1. The highest BCUT2D eigenvalue weighted by atomic mass is 16.5. The van der Waals surface area contributed by atoms with Gasteiger partial charge in [0.1, 0.15) is 17.1 Å². The van der Waals surface area contributed by atoms with E-state index in [0.29, 0.717) is 24.2 Å². The minimum atomic E-state index is -1.31. The molecule has 0 spiro atoms. The second-order valence-corrected chi connectivity index (χ2v) is 8.74. The lowest BCUT2D eigenvalue weighted by Crippen LogP contribution is -2.23. The number of aliphatic hydroxyl groups is 1. The van der Waals surface area contributed by atoms with Gasteiger partial charge in [-0.1, -0.05) is 55.8 Å². The van der Waals surface area contributed by atoms with Crippen LogP contribution >= 0.6 is 0 Å². The summed E-state index contributed by atoms with van der Waals surface area (Å²) in [4.78, 5) is 29.2. The third-order valence-electron chi connectivity index (χ3n) is 5.61. The van der Waals surface area contributed by atoms with Crippen molar-refractivity contribution in [2.24, 2.45) is 0 Å². The number of hydrogen-bond donors (Lipinski definition) is 2. The van der Waals surface area contributed by atoms with E-state index in [1.165, 1.54) is 0 Å². The zero-order valence-electron chi connectivity index (χ0n) is 20.2. The van der Waals surface area contributed by atoms with Crippen LogP contribution in [0.3, 0.4) is 0 Å². The van der Waals surface area contributed by atoms with Crippen molar-refractivity contribution in [1.29, 1.82) is 0 Å². The summed E-state index contributed by atoms with van der Waals surface area (Å²) in [6.45, 7) is 7.65. The Labute approximate surface area is 200 Å². The summed E-state index contributed by atoms with van der Waals surface area (Å²) in [5.74, 6) is -0.763. The fourth-order valence-electron chi connectivity index (χ4n) is 3.92. The molecule has 7 nitrogen and oxygen atoms in total. The molecule has 1 aromatic heterocycles. The van der Waals surface area contributed by atoms with E-state index in [-0.39, 0.29) is 17.9 Å². The number of esters is 1. The highest BCUT2D eigenvalue weighted by Crippen LogP contribution is 2.28. The molecule has 2 aromatic carbocycles. The molecule has 0 unspecified atom stereocenters. The Balaban J connectivity index is 2.03. The van der Waals surface area contributed by atoms with Crippen molar-refractivity contribution in [2.45, 2.75) is 59.1 Å². The molecule has 0 radical (unpaired) electrons. The van der Waals surface area contributed by atoms with Crippen LogP contribution in [0.5, 0.6) is 0 Å². The van der Waals surface area contributed by atoms with Crippen LogP contribution in [-0.4, -0.2) is 38.3 Å². The number of unbranched alkanes of at least 4 members (excludes halogenated alkanes) is 1. The molecule has 0 fully saturated rings. The Bertz CT molecular complexity index is 1160. The lowest BCUT2D eigenvalue weighted by Gasteiger charge is -2.17. The molecule has 0 bridgehead atoms. The van der Waals surface area contributed by atoms with Gasteiger partial charge in [0.05, 0.1) is 12.2 Å². The highest BCUT2D eigenvalue weighted by molar-refractivity contribution is 5.96. The van der Waals surface area contributed by atoms with Crippen LogP contribution in [0.15, 0.2) is 48.5 Å². The van der Waals surface area contributed by atoms with Gasteiger partial charge in [0.25, 0.3) is 0 Å². The van der Waals surface area contributed by atoms with Crippen LogP contribution in [0.25, 0.3) is 11.1 Å². The fourth-order valence-corrected chi connectivity index (χ4v) is 3.92. The van der Waals surface area contributed by atoms with Crippen molar-refractivity contribution in [1.82, 2.24) is 9.55 Å². The normalized spacial score (nSPS) is 11.4. The number of aromatic carboxylic acids is 1. The first-order chi connectivity index (χ1) is 16.2. The number of carboxylic acids is 1. The number of aryl methyl sites for hydroxylation is 1. The molecule has 0 saturated heterocycles. The molecule has 0 atom stereocenters. The fraction of sp³-hybridized carbons (Fsp3) is 0.370. The average Bonchev–Trinajstić information content (AvgIpc) is 3.17. The van der Waals surface area contributed by atoms with Crippen molar-refractivity contribution in [3.63, 3.8) is 0 Å². The Morgan fingerprint density at radius 3 is 2.32 bits per heavy atom. The van der Waals surface area contributed by atoms with Gasteiger partial charge in [-0.15, -0.1) is 0 Å². The first-order valence-corrected chi connectivity index (χ1v) is 11.6. The first-order valence-electron chi connectivity index (χ1n) is 11.6. The van der Waals surface area contributed by atoms with E-state index < -0.39 is 17.5 Å². The van der Waals surface area contributed by atoms with Gasteiger partial charge < -0.3 is 19.5 Å². The van der Waals surface area contributed by atoms with Gasteiger partial charge in [0.15, 0.2) is 5.69 Å². The number of carboxylic acid groups (broad SMARTS) is 1. The van der Waals surface area contributed by atoms with Gasteiger partial charge in [0, 0.05) is 13.0 Å². The zero-order chi connectivity index (χ0) is 24.9. The molecule has 34 heavy (non-hydrogen) atoms. The SMILES string of the molecule is CCCCc1nc(C(C)(C)O)c(C(=O)OCC)n1Cc1ccc(-c2ccccc2C(=O)O)cc1. The minimum Gasteiger partial charge on any atom is -0.478 e. The standard InChI is InChI=1S/C27H32N2O5/c1-5-7-12-22-28-24(27(3,4)33)23(26(32)34-6-2)29(22)17-18-13-15-19(16-14-18)20-10-8-9-11-21(20)25(30)31/h8-11,13-16,33H,5-7,12,17H2,1-4H3,(H,30,31). The van der Waals surface area contributed by atoms with Gasteiger partial charge in [-0.25, -0.2) is 14.6 Å². The molecule has 7 heteroatoms. The number of carbonyl (C=O) groups is 2. The van der Waals surface area contributed by atoms with Crippen molar-refractivity contribution in [2.75, 3.05) is 6.61 Å². The summed E-state index contributed by atoms with van der Waals surface area (Å²) in [6, 6.07) is 14.5. The monoisotopic (exact) mass is 464 g/mol. The number of ether oxygens (including phenoxy) is 1. The molecule has 3 rings (SSSR count). The van der Waals surface area contributed by atoms with E-state index in [4.69, 9.17) is 4.74 Å². The van der Waals surface area contributed by atoms with Gasteiger partial charge in [0.2, 0.25) is 0 Å². The Kier molecular flexibility index (Phi) is 7.89. The number of carbonyl (C=O) groups excluding carboxylic acids is 1. The number of nitrogens with zero attached hydrogens (tertiary/aromatic N) is 2. The quantitative estimate of drug-likeness (QED) is 0.408. The summed E-state index contributed by atoms with van der Waals surface area (Å²) < 4.78 is 7.14. The molecule has 3 aromatic rings. The largest absolute Gasteiger partial charge is 0.478 e. The van der Waals surface area contributed by atoms with E-state index >= 15 is 0 Å². The second kappa shape index (κ2) is 10.7. The van der Waals surface area contributed by atoms with Crippen molar-refractivity contribution < 1.29 is 24.5 Å². The maximum atomic E-state index is 12.9. The van der Waals surface area contributed by atoms with Crippen LogP contribution < -0.4 is 0 Å². The Hall–Kier alpha value is -3.45. The lowest BCUT2D eigenvalue weighted by molar-refractivity contribution is 0.0469. The lowest BCUT2D eigenvalue weighted by atomic mass is 9.98. The number of rotatable bonds is 10. The summed E-state index contributed by atoms with van der Waals surface area (Å²) in [5.41, 5.74) is 1.86. The topological polar surface area (TPSA) is 102 Å². The average molecular weight is 465 g/mol. The molecular formula is C27H32N2O5. The predicted molar refractivity (Wildman–Crippen MR) is 130 cm³/mol. The van der Waals surface area contributed by atoms with Gasteiger partial charge >= 0.3 is 11.9 Å². The second-order valence-electron chi connectivity index (χ2n) is 8.74. The summed E-state index contributed by atoms with van der Waals surface area (Å²) >= 11 is 0. The minimum absolute atomic E-state index is 0.220. The number of benzene rings is 2. The number of aromatic nitrogens is 2. The zero-order valence-corrected chi connectivity index (χ0v) is 20.2. The van der Waals surface area contributed by atoms with E-state index in [1.807, 2.05) is 34.9 Å². The maximum Gasteiger partial charge on any atom is 0.357 e.